The summed E-state index contributed by atoms with van der Waals surface area (Å²) in [5.74, 6) is 0.716. The molecule has 0 aliphatic carbocycles. The minimum absolute atomic E-state index is 0.0834. The van der Waals surface area contributed by atoms with Gasteiger partial charge in [-0.1, -0.05) is 39.8 Å². The Hall–Kier alpha value is -1.95. The van der Waals surface area contributed by atoms with Crippen molar-refractivity contribution in [3.05, 3.63) is 23.8 Å². The van der Waals surface area contributed by atoms with Crippen molar-refractivity contribution in [2.24, 2.45) is 11.1 Å². The number of para-hydroxylation sites is 1. The number of anilines is 1. The van der Waals surface area contributed by atoms with Crippen LogP contribution in [0.1, 0.15) is 72.8 Å². The maximum Gasteiger partial charge on any atom is 0.405 e. The molecule has 4 N–H and O–H groups in total. The predicted octanol–water partition coefficient (Wildman–Crippen LogP) is 4.80. The SMILES string of the molecule is CCC(O)(CC)c1cccc(OC)c1NCCC(C)(C)CC(C)(C)OC(N)=O. The molecule has 6 nitrogen and oxygen atoms in total. The molecule has 0 aliphatic rings. The number of aliphatic hydroxyl groups is 1. The average molecular weight is 395 g/mol. The number of hydrogen-bond acceptors (Lipinski definition) is 5. The van der Waals surface area contributed by atoms with E-state index < -0.39 is 17.3 Å². The first-order valence-corrected chi connectivity index (χ1v) is 10.0. The Morgan fingerprint density at radius 3 is 2.29 bits per heavy atom. The summed E-state index contributed by atoms with van der Waals surface area (Å²) in [5, 5.41) is 14.5. The second-order valence-corrected chi connectivity index (χ2v) is 8.82. The van der Waals surface area contributed by atoms with Gasteiger partial charge < -0.3 is 25.6 Å². The third-order valence-electron chi connectivity index (χ3n) is 5.30. The average Bonchev–Trinajstić information content (AvgIpc) is 2.58. The fraction of sp³-hybridized carbons (Fsp3) is 0.682. The molecule has 0 fully saturated rings. The van der Waals surface area contributed by atoms with Crippen LogP contribution >= 0.6 is 0 Å². The molecule has 28 heavy (non-hydrogen) atoms. The van der Waals surface area contributed by atoms with Gasteiger partial charge >= 0.3 is 6.09 Å². The van der Waals surface area contributed by atoms with E-state index in [0.29, 0.717) is 31.6 Å². The number of nitrogens with two attached hydrogens (primary N) is 1. The summed E-state index contributed by atoms with van der Waals surface area (Å²) >= 11 is 0. The van der Waals surface area contributed by atoms with Crippen molar-refractivity contribution in [3.8, 4) is 5.75 Å². The number of rotatable bonds is 11. The van der Waals surface area contributed by atoms with E-state index in [1.165, 1.54) is 0 Å². The van der Waals surface area contributed by atoms with Crippen molar-refractivity contribution in [1.82, 2.24) is 0 Å². The highest BCUT2D eigenvalue weighted by atomic mass is 16.6. The minimum atomic E-state index is -0.899. The number of nitrogens with one attached hydrogen (secondary N) is 1. The maximum atomic E-state index is 11.1. The monoisotopic (exact) mass is 394 g/mol. The van der Waals surface area contributed by atoms with E-state index in [2.05, 4.69) is 19.2 Å². The van der Waals surface area contributed by atoms with Gasteiger partial charge in [0.1, 0.15) is 11.4 Å². The summed E-state index contributed by atoms with van der Waals surface area (Å²) in [7, 11) is 1.63. The van der Waals surface area contributed by atoms with Crippen LogP contribution < -0.4 is 15.8 Å². The molecule has 160 valence electrons. The van der Waals surface area contributed by atoms with Gasteiger partial charge in [-0.25, -0.2) is 4.79 Å². The Balaban J connectivity index is 2.94. The standard InChI is InChI=1S/C22H38N2O4/c1-8-22(26,9-2)16-11-10-12-17(27-7)18(16)24-14-13-20(3,4)15-21(5,6)28-19(23)25/h10-12,24,26H,8-9,13-15H2,1-7H3,(H2,23,25). The highest BCUT2D eigenvalue weighted by molar-refractivity contribution is 5.65. The van der Waals surface area contributed by atoms with Crippen molar-refractivity contribution in [1.29, 1.82) is 0 Å². The Labute approximate surface area is 169 Å². The van der Waals surface area contributed by atoms with Crippen molar-refractivity contribution in [2.75, 3.05) is 19.0 Å². The Morgan fingerprint density at radius 2 is 1.79 bits per heavy atom. The summed E-state index contributed by atoms with van der Waals surface area (Å²) in [6, 6.07) is 5.75. The van der Waals surface area contributed by atoms with Gasteiger partial charge in [0.2, 0.25) is 0 Å². The van der Waals surface area contributed by atoms with Gasteiger partial charge in [0.05, 0.1) is 18.4 Å². The molecule has 6 heteroatoms. The van der Waals surface area contributed by atoms with Crippen LogP contribution in [0.2, 0.25) is 0 Å². The van der Waals surface area contributed by atoms with E-state index in [-0.39, 0.29) is 5.41 Å². The summed E-state index contributed by atoms with van der Waals surface area (Å²) in [5.41, 5.74) is 5.25. The van der Waals surface area contributed by atoms with Gasteiger partial charge in [0.25, 0.3) is 0 Å². The zero-order valence-corrected chi connectivity index (χ0v) is 18.5. The Morgan fingerprint density at radius 1 is 1.18 bits per heavy atom. The number of ether oxygens (including phenoxy) is 2. The van der Waals surface area contributed by atoms with E-state index in [1.807, 2.05) is 45.9 Å². The third kappa shape index (κ3) is 6.59. The summed E-state index contributed by atoms with van der Waals surface area (Å²) < 4.78 is 10.8. The molecule has 0 atom stereocenters. The van der Waals surface area contributed by atoms with E-state index >= 15 is 0 Å². The molecule has 1 rings (SSSR count). The van der Waals surface area contributed by atoms with Crippen molar-refractivity contribution >= 4 is 11.8 Å². The molecule has 0 saturated carbocycles. The first-order chi connectivity index (χ1) is 12.9. The Kier molecular flexibility index (Phi) is 8.17. The van der Waals surface area contributed by atoms with Crippen LogP contribution in [0.4, 0.5) is 10.5 Å². The lowest BCUT2D eigenvalue weighted by atomic mass is 9.79. The molecular weight excluding hydrogens is 356 g/mol. The lowest BCUT2D eigenvalue weighted by molar-refractivity contribution is 0.0106. The quantitative estimate of drug-likeness (QED) is 0.501. The molecule has 0 heterocycles. The zero-order chi connectivity index (χ0) is 21.6. The molecular formula is C22H38N2O4. The molecule has 0 bridgehead atoms. The fourth-order valence-corrected chi connectivity index (χ4v) is 3.98. The van der Waals surface area contributed by atoms with Crippen LogP contribution in [0.25, 0.3) is 0 Å². The number of hydrogen-bond donors (Lipinski definition) is 3. The molecule has 0 aliphatic heterocycles. The summed E-state index contributed by atoms with van der Waals surface area (Å²) in [6.07, 6.45) is 2.01. The van der Waals surface area contributed by atoms with Gasteiger partial charge in [-0.15, -0.1) is 0 Å². The van der Waals surface area contributed by atoms with Crippen LogP contribution in [-0.2, 0) is 10.3 Å². The lowest BCUT2D eigenvalue weighted by Gasteiger charge is -2.35. The first-order valence-electron chi connectivity index (χ1n) is 10.0. The van der Waals surface area contributed by atoms with Crippen molar-refractivity contribution < 1.29 is 19.4 Å². The summed E-state index contributed by atoms with van der Waals surface area (Å²) in [6.45, 7) is 12.7. The molecule has 0 saturated heterocycles. The maximum absolute atomic E-state index is 11.1. The van der Waals surface area contributed by atoms with E-state index in [9.17, 15) is 9.90 Å². The van der Waals surface area contributed by atoms with E-state index in [1.54, 1.807) is 7.11 Å². The van der Waals surface area contributed by atoms with Crippen LogP contribution in [-0.4, -0.2) is 30.5 Å². The molecule has 1 amide bonds. The number of benzene rings is 1. The van der Waals surface area contributed by atoms with Crippen molar-refractivity contribution in [2.45, 2.75) is 78.4 Å². The van der Waals surface area contributed by atoms with Gasteiger partial charge in [0.15, 0.2) is 0 Å². The van der Waals surface area contributed by atoms with Gasteiger partial charge in [-0.2, -0.15) is 0 Å². The summed E-state index contributed by atoms with van der Waals surface area (Å²) in [4.78, 5) is 11.1. The lowest BCUT2D eigenvalue weighted by Crippen LogP contribution is -2.36. The van der Waals surface area contributed by atoms with E-state index in [4.69, 9.17) is 15.2 Å². The first kappa shape index (κ1) is 24.1. The predicted molar refractivity (Wildman–Crippen MR) is 114 cm³/mol. The number of amides is 1. The van der Waals surface area contributed by atoms with Crippen LogP contribution in [0, 0.1) is 5.41 Å². The molecule has 0 unspecified atom stereocenters. The molecule has 1 aromatic rings. The second-order valence-electron chi connectivity index (χ2n) is 8.82. The second kappa shape index (κ2) is 9.50. The van der Waals surface area contributed by atoms with Crippen LogP contribution in [0.3, 0.4) is 0 Å². The number of carbonyl (C=O) groups is 1. The van der Waals surface area contributed by atoms with Crippen LogP contribution in [0.15, 0.2) is 18.2 Å². The van der Waals surface area contributed by atoms with Crippen LogP contribution in [0.5, 0.6) is 5.75 Å². The smallest absolute Gasteiger partial charge is 0.405 e. The minimum Gasteiger partial charge on any atom is -0.495 e. The molecule has 0 aromatic heterocycles. The van der Waals surface area contributed by atoms with Gasteiger partial charge in [-0.05, 0) is 51.0 Å². The highest BCUT2D eigenvalue weighted by Crippen LogP contribution is 2.40. The third-order valence-corrected chi connectivity index (χ3v) is 5.30. The fourth-order valence-electron chi connectivity index (χ4n) is 3.98. The number of methoxy groups -OCH3 is 1. The highest BCUT2D eigenvalue weighted by Gasteiger charge is 2.32. The van der Waals surface area contributed by atoms with Gasteiger partial charge in [0, 0.05) is 12.1 Å². The van der Waals surface area contributed by atoms with Gasteiger partial charge in [-0.3, -0.25) is 0 Å². The molecule has 0 radical (unpaired) electrons. The molecule has 0 spiro atoms. The normalized spacial score (nSPS) is 12.6. The molecule has 1 aromatic carbocycles. The van der Waals surface area contributed by atoms with E-state index in [0.717, 1.165) is 17.7 Å². The number of primary amides is 1. The largest absolute Gasteiger partial charge is 0.495 e. The number of carbonyl (C=O) groups excluding carboxylic acids is 1. The zero-order valence-electron chi connectivity index (χ0n) is 18.5. The Bertz CT molecular complexity index is 652. The van der Waals surface area contributed by atoms with Crippen molar-refractivity contribution in [3.63, 3.8) is 0 Å². The topological polar surface area (TPSA) is 93.8 Å².